The fourth-order valence-corrected chi connectivity index (χ4v) is 7.31. The van der Waals surface area contributed by atoms with E-state index in [0.717, 1.165) is 47.4 Å². The Morgan fingerprint density at radius 3 is 2.21 bits per heavy atom. The smallest absolute Gasteiger partial charge is 0.290 e. The molecule has 0 saturated heterocycles. The van der Waals surface area contributed by atoms with Crippen molar-refractivity contribution in [1.82, 2.24) is 9.80 Å². The summed E-state index contributed by atoms with van der Waals surface area (Å²) in [5, 5.41) is 2.65. The van der Waals surface area contributed by atoms with Gasteiger partial charge in [0.15, 0.2) is 5.76 Å². The van der Waals surface area contributed by atoms with E-state index in [2.05, 4.69) is 6.07 Å². The summed E-state index contributed by atoms with van der Waals surface area (Å²) in [5.74, 6) is 1.51. The highest BCUT2D eigenvalue weighted by Crippen LogP contribution is 2.35. The third-order valence-electron chi connectivity index (χ3n) is 8.21. The van der Waals surface area contributed by atoms with E-state index < -0.39 is 0 Å². The molecule has 10 heteroatoms. The predicted molar refractivity (Wildman–Crippen MR) is 188 cm³/mol. The zero-order valence-electron chi connectivity index (χ0n) is 25.9. The average molecular weight is 699 g/mol. The van der Waals surface area contributed by atoms with Crippen molar-refractivity contribution in [2.24, 2.45) is 0 Å². The summed E-state index contributed by atoms with van der Waals surface area (Å²) in [5.41, 5.74) is 1.72. The second-order valence-corrected chi connectivity index (χ2v) is 14.3. The topological polar surface area (TPSA) is 66.9 Å². The average Bonchev–Trinajstić information content (AvgIpc) is 3.79. The summed E-state index contributed by atoms with van der Waals surface area (Å²) in [6.45, 7) is 1.14. The van der Waals surface area contributed by atoms with Crippen LogP contribution in [0.3, 0.4) is 0 Å². The van der Waals surface area contributed by atoms with Crippen LogP contribution in [-0.4, -0.2) is 33.7 Å². The van der Waals surface area contributed by atoms with Gasteiger partial charge in [-0.2, -0.15) is 0 Å². The molecule has 2 saturated carbocycles. The molecule has 48 heavy (non-hydrogen) atoms. The molecule has 4 heterocycles. The van der Waals surface area contributed by atoms with Crippen LogP contribution in [0, 0.1) is 5.82 Å². The van der Waals surface area contributed by atoms with Crippen LogP contribution in [0.25, 0.3) is 21.8 Å². The van der Waals surface area contributed by atoms with Gasteiger partial charge in [-0.05, 0) is 103 Å². The lowest BCUT2D eigenvalue weighted by atomic mass is 10.2. The summed E-state index contributed by atoms with van der Waals surface area (Å²) in [7, 11) is 0. The lowest BCUT2D eigenvalue weighted by Gasteiger charge is -2.20. The van der Waals surface area contributed by atoms with E-state index in [9.17, 15) is 14.0 Å². The van der Waals surface area contributed by atoms with Gasteiger partial charge in [0, 0.05) is 27.4 Å². The molecule has 244 valence electrons. The van der Waals surface area contributed by atoms with Crippen molar-refractivity contribution in [2.45, 2.75) is 50.9 Å². The minimum atomic E-state index is -0.259. The molecular formula is C38H32ClFN2O4S2. The number of benzene rings is 2. The van der Waals surface area contributed by atoms with Gasteiger partial charge in [0.25, 0.3) is 11.8 Å². The normalized spacial score (nSPS) is 13.9. The molecule has 0 unspecified atom stereocenters. The molecule has 2 aromatic carbocycles. The molecule has 0 spiro atoms. The maximum Gasteiger partial charge on any atom is 0.290 e. The molecule has 8 rings (SSSR count). The fourth-order valence-electron chi connectivity index (χ4n) is 5.41. The first-order valence-electron chi connectivity index (χ1n) is 15.8. The molecule has 6 nitrogen and oxygen atoms in total. The Morgan fingerprint density at radius 1 is 0.792 bits per heavy atom. The monoisotopic (exact) mass is 698 g/mol. The van der Waals surface area contributed by atoms with Gasteiger partial charge in [-0.15, -0.1) is 22.7 Å². The van der Waals surface area contributed by atoms with Gasteiger partial charge in [-0.25, -0.2) is 4.39 Å². The molecule has 2 aliphatic carbocycles. The van der Waals surface area contributed by atoms with Gasteiger partial charge < -0.3 is 18.6 Å². The van der Waals surface area contributed by atoms with Crippen molar-refractivity contribution in [2.75, 3.05) is 0 Å². The van der Waals surface area contributed by atoms with Crippen molar-refractivity contribution in [3.8, 4) is 21.8 Å². The molecule has 2 fully saturated rings. The van der Waals surface area contributed by atoms with Crippen LogP contribution in [-0.2, 0) is 13.1 Å². The molecule has 2 amide bonds. The van der Waals surface area contributed by atoms with Crippen LogP contribution in [0.2, 0.25) is 5.02 Å². The van der Waals surface area contributed by atoms with E-state index in [0.29, 0.717) is 46.6 Å². The predicted octanol–water partition coefficient (Wildman–Crippen LogP) is 10.4. The van der Waals surface area contributed by atoms with Crippen molar-refractivity contribution in [1.29, 1.82) is 0 Å². The Bertz CT molecular complexity index is 1980. The molecule has 0 atom stereocenters. The minimum Gasteiger partial charge on any atom is -0.467 e. The molecule has 4 aromatic heterocycles. The molecule has 0 bridgehead atoms. The third kappa shape index (κ3) is 7.65. The zero-order valence-corrected chi connectivity index (χ0v) is 28.3. The van der Waals surface area contributed by atoms with Gasteiger partial charge in [-0.3, -0.25) is 9.59 Å². The highest BCUT2D eigenvalue weighted by Gasteiger charge is 2.35. The van der Waals surface area contributed by atoms with Gasteiger partial charge in [0.1, 0.15) is 17.3 Å². The van der Waals surface area contributed by atoms with Crippen LogP contribution < -0.4 is 0 Å². The lowest BCUT2D eigenvalue weighted by Crippen LogP contribution is -2.32. The largest absolute Gasteiger partial charge is 0.467 e. The highest BCUT2D eigenvalue weighted by atomic mass is 35.5. The molecule has 2 aliphatic rings. The first kappa shape index (κ1) is 32.1. The fraction of sp³-hybridized carbons (Fsp3) is 0.211. The first-order chi connectivity index (χ1) is 23.4. The van der Waals surface area contributed by atoms with Crippen molar-refractivity contribution < 1.29 is 22.8 Å². The number of amides is 2. The summed E-state index contributed by atoms with van der Waals surface area (Å²) in [6, 6.07) is 29.6. The summed E-state index contributed by atoms with van der Waals surface area (Å²) in [4.78, 5) is 32.4. The van der Waals surface area contributed by atoms with Crippen LogP contribution in [0.1, 0.15) is 56.5 Å². The number of rotatable bonds is 10. The van der Waals surface area contributed by atoms with Gasteiger partial charge in [0.05, 0.1) is 29.3 Å². The zero-order chi connectivity index (χ0) is 33.0. The van der Waals surface area contributed by atoms with Crippen LogP contribution in [0.4, 0.5) is 4.39 Å². The number of carbonyl (C=O) groups is 2. The molecule has 0 N–H and O–H groups in total. The molecular weight excluding hydrogens is 667 g/mol. The number of nitrogens with zero attached hydrogens (tertiary/aromatic N) is 2. The van der Waals surface area contributed by atoms with Crippen molar-refractivity contribution in [3.05, 3.63) is 141 Å². The van der Waals surface area contributed by atoms with Gasteiger partial charge in [-0.1, -0.05) is 41.9 Å². The van der Waals surface area contributed by atoms with Gasteiger partial charge in [0.2, 0.25) is 0 Å². The molecule has 0 radical (unpaired) electrons. The van der Waals surface area contributed by atoms with E-state index in [4.69, 9.17) is 20.4 Å². The van der Waals surface area contributed by atoms with Gasteiger partial charge >= 0.3 is 0 Å². The van der Waals surface area contributed by atoms with E-state index in [1.54, 1.807) is 35.8 Å². The Kier molecular flexibility index (Phi) is 9.61. The SMILES string of the molecule is O=C(c1ccc(-c2ccc(F)cc2)s1)N(Cc1ccco1)C1CC1.O=C(c1ccc(-c2ccccc2Cl)o1)N(Cc1cccs1)C1CC1. The number of furan rings is 2. The van der Waals surface area contributed by atoms with Crippen molar-refractivity contribution in [3.63, 3.8) is 0 Å². The minimum absolute atomic E-state index is 0.0345. The van der Waals surface area contributed by atoms with E-state index >= 15 is 0 Å². The number of hydrogen-bond donors (Lipinski definition) is 0. The quantitative estimate of drug-likeness (QED) is 0.143. The first-order valence-corrected chi connectivity index (χ1v) is 17.9. The van der Waals surface area contributed by atoms with E-state index in [-0.39, 0.29) is 17.6 Å². The number of thiophene rings is 2. The second kappa shape index (κ2) is 14.4. The van der Waals surface area contributed by atoms with Crippen molar-refractivity contribution >= 4 is 46.1 Å². The molecule has 0 aliphatic heterocycles. The second-order valence-electron chi connectivity index (χ2n) is 11.8. The third-order valence-corrected chi connectivity index (χ3v) is 10.5. The summed E-state index contributed by atoms with van der Waals surface area (Å²) >= 11 is 9.32. The summed E-state index contributed by atoms with van der Waals surface area (Å²) < 4.78 is 24.3. The Balaban J connectivity index is 0.000000152. The number of hydrogen-bond acceptors (Lipinski definition) is 6. The summed E-state index contributed by atoms with van der Waals surface area (Å²) in [6.07, 6.45) is 5.85. The Labute approximate surface area is 291 Å². The maximum absolute atomic E-state index is 13.1. The highest BCUT2D eigenvalue weighted by molar-refractivity contribution is 7.17. The lowest BCUT2D eigenvalue weighted by molar-refractivity contribution is 0.0698. The standard InChI is InChI=1S/C19H16ClNO2S.C19H16FNO2S/c20-16-6-2-1-5-15(16)17-9-10-18(23-17)19(22)21(13-7-8-13)12-14-4-3-11-24-14;20-14-5-3-13(4-6-14)17-9-10-18(24-17)19(22)21(15-7-8-15)12-16-2-1-11-23-16/h1-6,9-11,13H,7-8,12H2;1-6,9-11,15H,7-8,12H2. The Morgan fingerprint density at radius 2 is 1.54 bits per heavy atom. The van der Waals surface area contributed by atoms with Crippen LogP contribution >= 0.6 is 34.3 Å². The van der Waals surface area contributed by atoms with Crippen LogP contribution in [0.15, 0.2) is 118 Å². The van der Waals surface area contributed by atoms with E-state index in [1.165, 1.54) is 28.3 Å². The molecule has 6 aromatic rings. The van der Waals surface area contributed by atoms with Crippen LogP contribution in [0.5, 0.6) is 0 Å². The number of carbonyl (C=O) groups excluding carboxylic acids is 2. The van der Waals surface area contributed by atoms with E-state index in [1.807, 2.05) is 75.8 Å². The number of halogens is 2. The maximum atomic E-state index is 13.1. The Hall–Kier alpha value is -4.44.